The van der Waals surface area contributed by atoms with Crippen LogP contribution in [0.5, 0.6) is 11.8 Å². The van der Waals surface area contributed by atoms with Crippen molar-refractivity contribution in [3.63, 3.8) is 0 Å². The van der Waals surface area contributed by atoms with Gasteiger partial charge in [0.05, 0.1) is 13.2 Å². The van der Waals surface area contributed by atoms with E-state index in [2.05, 4.69) is 34.3 Å². The lowest BCUT2D eigenvalue weighted by Crippen LogP contribution is -2.60. The molecule has 0 spiro atoms. The van der Waals surface area contributed by atoms with Crippen molar-refractivity contribution in [2.75, 3.05) is 39.8 Å². The second-order valence-electron chi connectivity index (χ2n) is 7.22. The fraction of sp³-hybridized carbons (Fsp3) is 0.722. The number of carbonyl (C=O) groups is 1. The fourth-order valence-electron chi connectivity index (χ4n) is 3.78. The van der Waals surface area contributed by atoms with E-state index in [1.165, 1.54) is 7.11 Å². The largest absolute Gasteiger partial charge is 0.480 e. The van der Waals surface area contributed by atoms with Gasteiger partial charge in [0.15, 0.2) is 0 Å². The van der Waals surface area contributed by atoms with Crippen LogP contribution in [0.1, 0.15) is 26.7 Å². The molecule has 3 rings (SSSR count). The fourth-order valence-corrected chi connectivity index (χ4v) is 3.78. The van der Waals surface area contributed by atoms with Crippen LogP contribution in [-0.2, 0) is 0 Å². The number of piperazine rings is 1. The summed E-state index contributed by atoms with van der Waals surface area (Å²) in [5.41, 5.74) is 0. The third kappa shape index (κ3) is 4.42. The van der Waals surface area contributed by atoms with Gasteiger partial charge < -0.3 is 19.7 Å². The second kappa shape index (κ2) is 8.64. The van der Waals surface area contributed by atoms with Gasteiger partial charge in [-0.25, -0.2) is 4.79 Å². The number of methoxy groups -OCH3 is 1. The van der Waals surface area contributed by atoms with Gasteiger partial charge in [-0.05, 0) is 45.7 Å². The van der Waals surface area contributed by atoms with Gasteiger partial charge in [0.25, 0.3) is 0 Å². The Morgan fingerprint density at radius 3 is 2.50 bits per heavy atom. The molecule has 8 heteroatoms. The molecule has 1 unspecified atom stereocenters. The molecule has 8 nitrogen and oxygen atoms in total. The minimum Gasteiger partial charge on any atom is -0.480 e. The van der Waals surface area contributed by atoms with E-state index in [9.17, 15) is 4.79 Å². The molecular formula is C18H29N5O3. The van der Waals surface area contributed by atoms with Crippen LogP contribution in [0.2, 0.25) is 0 Å². The first-order chi connectivity index (χ1) is 12.6. The van der Waals surface area contributed by atoms with Crippen LogP contribution in [0.3, 0.4) is 0 Å². The quantitative estimate of drug-likeness (QED) is 0.865. The number of nitrogens with zero attached hydrogens (tertiary/aromatic N) is 4. The highest BCUT2D eigenvalue weighted by atomic mass is 16.6. The second-order valence-corrected chi connectivity index (χ2v) is 7.22. The molecule has 2 saturated heterocycles. The number of aromatic nitrogens is 2. The van der Waals surface area contributed by atoms with Crippen LogP contribution in [0.15, 0.2) is 12.1 Å². The first-order valence-corrected chi connectivity index (χ1v) is 9.39. The van der Waals surface area contributed by atoms with Crippen molar-refractivity contribution in [2.45, 2.75) is 38.8 Å². The highest BCUT2D eigenvalue weighted by Crippen LogP contribution is 2.26. The van der Waals surface area contributed by atoms with Gasteiger partial charge in [-0.3, -0.25) is 4.90 Å². The monoisotopic (exact) mass is 363 g/mol. The molecule has 26 heavy (non-hydrogen) atoms. The van der Waals surface area contributed by atoms with Crippen LogP contribution in [-0.4, -0.2) is 78.0 Å². The predicted molar refractivity (Wildman–Crippen MR) is 97.4 cm³/mol. The maximum Gasteiger partial charge on any atom is 0.416 e. The zero-order chi connectivity index (χ0) is 18.5. The Hall–Kier alpha value is -1.93. The molecule has 1 aromatic rings. The average Bonchev–Trinajstić information content (AvgIpc) is 2.68. The summed E-state index contributed by atoms with van der Waals surface area (Å²) >= 11 is 0. The SMILES string of the molecule is COc1ccc(OC(=O)N2CCN(C(C)C)CC2C2CCNCC2)nn1. The Balaban J connectivity index is 1.70. The number of amides is 1. The van der Waals surface area contributed by atoms with Crippen LogP contribution in [0.25, 0.3) is 0 Å². The molecule has 0 radical (unpaired) electrons. The topological polar surface area (TPSA) is 79.8 Å². The van der Waals surface area contributed by atoms with Crippen LogP contribution in [0.4, 0.5) is 4.79 Å². The molecule has 2 fully saturated rings. The molecule has 1 atom stereocenters. The lowest BCUT2D eigenvalue weighted by atomic mass is 9.87. The Morgan fingerprint density at radius 1 is 1.19 bits per heavy atom. The molecule has 1 amide bonds. The maximum atomic E-state index is 12.8. The first-order valence-electron chi connectivity index (χ1n) is 9.39. The number of hydrogen-bond donors (Lipinski definition) is 1. The number of nitrogens with one attached hydrogen (secondary N) is 1. The van der Waals surface area contributed by atoms with Crippen molar-refractivity contribution in [3.05, 3.63) is 12.1 Å². The summed E-state index contributed by atoms with van der Waals surface area (Å²) in [4.78, 5) is 17.2. The highest BCUT2D eigenvalue weighted by Gasteiger charge is 2.37. The van der Waals surface area contributed by atoms with Gasteiger partial charge in [0, 0.05) is 37.8 Å². The van der Waals surface area contributed by atoms with E-state index < -0.39 is 0 Å². The van der Waals surface area contributed by atoms with Gasteiger partial charge in [-0.15, -0.1) is 10.2 Å². The molecule has 0 bridgehead atoms. The van der Waals surface area contributed by atoms with Gasteiger partial charge in [0.2, 0.25) is 11.8 Å². The van der Waals surface area contributed by atoms with Crippen molar-refractivity contribution in [1.82, 2.24) is 25.3 Å². The average molecular weight is 363 g/mol. The Bertz CT molecular complexity index is 589. The lowest BCUT2D eigenvalue weighted by molar-refractivity contribution is 0.0267. The highest BCUT2D eigenvalue weighted by molar-refractivity contribution is 5.70. The maximum absolute atomic E-state index is 12.8. The standard InChI is InChI=1S/C18H29N5O3/c1-13(2)22-10-11-23(15(12-22)14-6-8-19-9-7-14)18(24)26-17-5-4-16(25-3)20-21-17/h4-5,13-15,19H,6-12H2,1-3H3. The Morgan fingerprint density at radius 2 is 1.88 bits per heavy atom. The summed E-state index contributed by atoms with van der Waals surface area (Å²) in [6.45, 7) is 8.87. The zero-order valence-electron chi connectivity index (χ0n) is 15.9. The molecule has 1 aromatic heterocycles. The van der Waals surface area contributed by atoms with E-state index in [0.29, 0.717) is 24.4 Å². The Labute approximate surface area is 154 Å². The minimum absolute atomic E-state index is 0.173. The number of rotatable bonds is 4. The summed E-state index contributed by atoms with van der Waals surface area (Å²) in [6.07, 6.45) is 1.84. The minimum atomic E-state index is -0.337. The van der Waals surface area contributed by atoms with E-state index in [1.54, 1.807) is 12.1 Å². The first kappa shape index (κ1) is 18.8. The summed E-state index contributed by atoms with van der Waals surface area (Å²) in [5.74, 6) is 1.08. The van der Waals surface area contributed by atoms with Crippen molar-refractivity contribution in [3.8, 4) is 11.8 Å². The molecule has 1 N–H and O–H groups in total. The molecular weight excluding hydrogens is 334 g/mol. The van der Waals surface area contributed by atoms with E-state index >= 15 is 0 Å². The van der Waals surface area contributed by atoms with Crippen molar-refractivity contribution >= 4 is 6.09 Å². The van der Waals surface area contributed by atoms with Crippen LogP contribution >= 0.6 is 0 Å². The van der Waals surface area contributed by atoms with Crippen molar-refractivity contribution in [2.24, 2.45) is 5.92 Å². The van der Waals surface area contributed by atoms with Crippen LogP contribution < -0.4 is 14.8 Å². The normalized spacial score (nSPS) is 22.5. The molecule has 3 heterocycles. The number of carbonyl (C=O) groups excluding carboxylic acids is 1. The third-order valence-electron chi connectivity index (χ3n) is 5.36. The molecule has 0 saturated carbocycles. The number of ether oxygens (including phenoxy) is 2. The third-order valence-corrected chi connectivity index (χ3v) is 5.36. The number of hydrogen-bond acceptors (Lipinski definition) is 7. The number of piperidine rings is 1. The summed E-state index contributed by atoms with van der Waals surface area (Å²) in [6, 6.07) is 3.89. The zero-order valence-corrected chi connectivity index (χ0v) is 15.9. The Kier molecular flexibility index (Phi) is 6.26. The van der Waals surface area contributed by atoms with E-state index in [-0.39, 0.29) is 18.0 Å². The van der Waals surface area contributed by atoms with Crippen molar-refractivity contribution < 1.29 is 14.3 Å². The summed E-state index contributed by atoms with van der Waals surface area (Å²) < 4.78 is 10.5. The van der Waals surface area contributed by atoms with Gasteiger partial charge in [-0.2, -0.15) is 0 Å². The van der Waals surface area contributed by atoms with E-state index in [1.807, 2.05) is 4.90 Å². The van der Waals surface area contributed by atoms with E-state index in [4.69, 9.17) is 9.47 Å². The molecule has 2 aliphatic heterocycles. The molecule has 144 valence electrons. The van der Waals surface area contributed by atoms with Crippen molar-refractivity contribution in [1.29, 1.82) is 0 Å². The van der Waals surface area contributed by atoms with E-state index in [0.717, 1.165) is 39.0 Å². The van der Waals surface area contributed by atoms with Gasteiger partial charge in [0.1, 0.15) is 0 Å². The molecule has 2 aliphatic rings. The van der Waals surface area contributed by atoms with Gasteiger partial charge in [-0.1, -0.05) is 0 Å². The summed E-state index contributed by atoms with van der Waals surface area (Å²) in [5, 5.41) is 11.2. The summed E-state index contributed by atoms with van der Waals surface area (Å²) in [7, 11) is 1.52. The smallest absolute Gasteiger partial charge is 0.416 e. The van der Waals surface area contributed by atoms with Crippen LogP contribution in [0, 0.1) is 5.92 Å². The predicted octanol–water partition coefficient (Wildman–Crippen LogP) is 1.38. The molecule has 0 aromatic carbocycles. The molecule has 0 aliphatic carbocycles. The van der Waals surface area contributed by atoms with Gasteiger partial charge >= 0.3 is 6.09 Å². The lowest BCUT2D eigenvalue weighted by Gasteiger charge is -2.46.